The largest absolute Gasteiger partial charge is 0.290 e. The van der Waals surface area contributed by atoms with Crippen LogP contribution in [-0.2, 0) is 16.6 Å². The predicted molar refractivity (Wildman–Crippen MR) is 131 cm³/mol. The molecule has 0 aliphatic heterocycles. The fraction of sp³-hybridized carbons (Fsp3) is 0.222. The molecule has 2 aromatic heterocycles. The molecule has 184 valence electrons. The van der Waals surface area contributed by atoms with Gasteiger partial charge in [-0.1, -0.05) is 39.0 Å². The van der Waals surface area contributed by atoms with Gasteiger partial charge in [0.25, 0.3) is 0 Å². The van der Waals surface area contributed by atoms with Gasteiger partial charge < -0.3 is 0 Å². The van der Waals surface area contributed by atoms with Crippen molar-refractivity contribution in [3.8, 4) is 21.8 Å². The summed E-state index contributed by atoms with van der Waals surface area (Å²) in [6, 6.07) is 9.00. The smallest absolute Gasteiger partial charge is 0.234 e. The monoisotopic (exact) mass is 509 g/mol. The molecule has 36 heavy (non-hydrogen) atoms. The van der Waals surface area contributed by atoms with Gasteiger partial charge in [-0.3, -0.25) is 9.59 Å². The third kappa shape index (κ3) is 4.97. The Morgan fingerprint density at radius 3 is 2.25 bits per heavy atom. The zero-order valence-corrected chi connectivity index (χ0v) is 20.8. The standard InChI is InChI=1S/C27H22F3N3O2S/c1-14-31-12-11-19(32-14)25-23(33-26(36-25)27(2,3)4)16-8-5-7-15(22(16)30)13-20(34)24(35)21-17(28)9-6-10-18(21)29/h5-12H,13H2,1-4H3. The van der Waals surface area contributed by atoms with Gasteiger partial charge in [-0.2, -0.15) is 0 Å². The highest BCUT2D eigenvalue weighted by atomic mass is 32.1. The first kappa shape index (κ1) is 25.4. The number of hydrogen-bond acceptors (Lipinski definition) is 6. The van der Waals surface area contributed by atoms with Gasteiger partial charge in [0.1, 0.15) is 23.3 Å². The molecule has 2 aromatic carbocycles. The van der Waals surface area contributed by atoms with Crippen molar-refractivity contribution in [1.82, 2.24) is 15.0 Å². The SMILES string of the molecule is Cc1nccc(-c2sc(C(C)(C)C)nc2-c2cccc(CC(=O)C(=O)c3c(F)cccc3F)c2F)n1. The van der Waals surface area contributed by atoms with Gasteiger partial charge >= 0.3 is 0 Å². The second kappa shape index (κ2) is 9.73. The van der Waals surface area contributed by atoms with Crippen LogP contribution >= 0.6 is 11.3 Å². The number of ketones is 2. The second-order valence-corrected chi connectivity index (χ2v) is 10.2. The summed E-state index contributed by atoms with van der Waals surface area (Å²) in [6.45, 7) is 7.72. The van der Waals surface area contributed by atoms with E-state index in [2.05, 4.69) is 9.97 Å². The molecule has 0 radical (unpaired) electrons. The molecule has 5 nitrogen and oxygen atoms in total. The number of nitrogens with zero attached hydrogens (tertiary/aromatic N) is 3. The van der Waals surface area contributed by atoms with E-state index in [0.717, 1.165) is 23.2 Å². The van der Waals surface area contributed by atoms with Crippen LogP contribution in [0.5, 0.6) is 0 Å². The van der Waals surface area contributed by atoms with Crippen LogP contribution in [0.25, 0.3) is 21.8 Å². The molecule has 0 unspecified atom stereocenters. The first-order valence-electron chi connectivity index (χ1n) is 11.1. The predicted octanol–water partition coefficient (Wildman–Crippen LogP) is 6.28. The molecule has 0 spiro atoms. The Balaban J connectivity index is 1.76. The van der Waals surface area contributed by atoms with Crippen molar-refractivity contribution >= 4 is 22.9 Å². The molecule has 9 heteroatoms. The summed E-state index contributed by atoms with van der Waals surface area (Å²) in [5, 5.41) is 0.759. The Hall–Kier alpha value is -3.72. The molecule has 0 atom stereocenters. The number of benzene rings is 2. The lowest BCUT2D eigenvalue weighted by molar-refractivity contribution is -0.114. The van der Waals surface area contributed by atoms with Crippen LogP contribution in [0.1, 0.15) is 47.5 Å². The van der Waals surface area contributed by atoms with Crippen molar-refractivity contribution in [1.29, 1.82) is 0 Å². The van der Waals surface area contributed by atoms with Crippen molar-refractivity contribution in [2.45, 2.75) is 39.5 Å². The zero-order chi connectivity index (χ0) is 26.2. The van der Waals surface area contributed by atoms with Crippen LogP contribution in [0, 0.1) is 24.4 Å². The Bertz CT molecular complexity index is 1470. The molecule has 0 saturated carbocycles. The highest BCUT2D eigenvalue weighted by Crippen LogP contribution is 2.41. The Morgan fingerprint density at radius 1 is 0.944 bits per heavy atom. The zero-order valence-electron chi connectivity index (χ0n) is 20.0. The summed E-state index contributed by atoms with van der Waals surface area (Å²) >= 11 is 1.38. The summed E-state index contributed by atoms with van der Waals surface area (Å²) in [6.07, 6.45) is 0.946. The fourth-order valence-electron chi connectivity index (χ4n) is 3.59. The Kier molecular flexibility index (Phi) is 6.86. The third-order valence-corrected chi connectivity index (χ3v) is 6.91. The minimum absolute atomic E-state index is 0.0854. The molecule has 0 aliphatic carbocycles. The normalized spacial score (nSPS) is 11.5. The molecule has 0 fully saturated rings. The van der Waals surface area contributed by atoms with Crippen LogP contribution < -0.4 is 0 Å². The maximum atomic E-state index is 15.7. The number of carbonyl (C=O) groups excluding carboxylic acids is 2. The van der Waals surface area contributed by atoms with E-state index in [4.69, 9.17) is 4.98 Å². The van der Waals surface area contributed by atoms with E-state index in [1.54, 1.807) is 25.3 Å². The lowest BCUT2D eigenvalue weighted by atomic mass is 9.97. The molecule has 4 rings (SSSR count). The van der Waals surface area contributed by atoms with Crippen LogP contribution in [-0.4, -0.2) is 26.5 Å². The van der Waals surface area contributed by atoms with Crippen molar-refractivity contribution < 1.29 is 22.8 Å². The maximum Gasteiger partial charge on any atom is 0.234 e. The number of aryl methyl sites for hydroxylation is 1. The molecule has 0 amide bonds. The number of hydrogen-bond donors (Lipinski definition) is 0. The number of Topliss-reactive ketones (excluding diaryl/α,β-unsaturated/α-hetero) is 2. The summed E-state index contributed by atoms with van der Waals surface area (Å²) in [7, 11) is 0. The van der Waals surface area contributed by atoms with Crippen LogP contribution in [0.2, 0.25) is 0 Å². The van der Waals surface area contributed by atoms with E-state index in [1.165, 1.54) is 23.5 Å². The minimum atomic E-state index is -1.35. The first-order chi connectivity index (χ1) is 17.0. The van der Waals surface area contributed by atoms with Crippen molar-refractivity contribution in [2.24, 2.45) is 0 Å². The highest BCUT2D eigenvalue weighted by molar-refractivity contribution is 7.15. The topological polar surface area (TPSA) is 72.8 Å². The first-order valence-corrected chi connectivity index (χ1v) is 11.9. The molecule has 2 heterocycles. The quantitative estimate of drug-likeness (QED) is 0.226. The van der Waals surface area contributed by atoms with Crippen molar-refractivity contribution in [3.05, 3.63) is 88.1 Å². The van der Waals surface area contributed by atoms with Gasteiger partial charge in [0.05, 0.1) is 26.8 Å². The number of aromatic nitrogens is 3. The molecule has 0 aliphatic rings. The van der Waals surface area contributed by atoms with E-state index < -0.39 is 41.0 Å². The fourth-order valence-corrected chi connectivity index (χ4v) is 4.69. The van der Waals surface area contributed by atoms with E-state index in [-0.39, 0.29) is 16.5 Å². The van der Waals surface area contributed by atoms with E-state index in [9.17, 15) is 18.4 Å². The Labute approximate surface area is 210 Å². The second-order valence-electron chi connectivity index (χ2n) is 9.24. The van der Waals surface area contributed by atoms with E-state index in [1.807, 2.05) is 20.8 Å². The van der Waals surface area contributed by atoms with E-state index in [0.29, 0.717) is 22.1 Å². The molecule has 4 aromatic rings. The van der Waals surface area contributed by atoms with Crippen molar-refractivity contribution in [3.63, 3.8) is 0 Å². The molecule has 0 N–H and O–H groups in total. The van der Waals surface area contributed by atoms with E-state index >= 15 is 4.39 Å². The summed E-state index contributed by atoms with van der Waals surface area (Å²) < 4.78 is 43.7. The number of thiazole rings is 1. The minimum Gasteiger partial charge on any atom is -0.290 e. The number of rotatable bonds is 6. The van der Waals surface area contributed by atoms with Gasteiger partial charge in [0.2, 0.25) is 11.6 Å². The summed E-state index contributed by atoms with van der Waals surface area (Å²) in [5.41, 5.74) is -0.298. The van der Waals surface area contributed by atoms with Gasteiger partial charge in [-0.25, -0.2) is 28.1 Å². The maximum absolute atomic E-state index is 15.7. The van der Waals surface area contributed by atoms with Gasteiger partial charge in [-0.05, 0) is 36.8 Å². The average molecular weight is 510 g/mol. The van der Waals surface area contributed by atoms with Crippen molar-refractivity contribution in [2.75, 3.05) is 0 Å². The molecule has 0 saturated heterocycles. The number of halogens is 3. The lowest BCUT2D eigenvalue weighted by Gasteiger charge is -2.13. The highest BCUT2D eigenvalue weighted by Gasteiger charge is 2.28. The average Bonchev–Trinajstić information content (AvgIpc) is 3.26. The third-order valence-electron chi connectivity index (χ3n) is 5.41. The molecular weight excluding hydrogens is 487 g/mol. The Morgan fingerprint density at radius 2 is 1.61 bits per heavy atom. The summed E-state index contributed by atoms with van der Waals surface area (Å²) in [5.74, 6) is -4.98. The molecule has 0 bridgehead atoms. The number of carbonyl (C=O) groups is 2. The van der Waals surface area contributed by atoms with Gasteiger partial charge in [0.15, 0.2) is 0 Å². The van der Waals surface area contributed by atoms with Gasteiger partial charge in [0, 0.05) is 23.6 Å². The van der Waals surface area contributed by atoms with Crippen LogP contribution in [0.15, 0.2) is 48.7 Å². The van der Waals surface area contributed by atoms with Crippen LogP contribution in [0.3, 0.4) is 0 Å². The molecular formula is C27H22F3N3O2S. The summed E-state index contributed by atoms with van der Waals surface area (Å²) in [4.78, 5) is 39.0. The van der Waals surface area contributed by atoms with Crippen LogP contribution in [0.4, 0.5) is 13.2 Å². The van der Waals surface area contributed by atoms with Gasteiger partial charge in [-0.15, -0.1) is 11.3 Å². The lowest BCUT2D eigenvalue weighted by Crippen LogP contribution is -2.20.